The van der Waals surface area contributed by atoms with E-state index < -0.39 is 12.0 Å². The molecule has 0 spiro atoms. The van der Waals surface area contributed by atoms with Gasteiger partial charge in [-0.2, -0.15) is 0 Å². The summed E-state index contributed by atoms with van der Waals surface area (Å²) < 4.78 is 0. The van der Waals surface area contributed by atoms with E-state index in [1.54, 1.807) is 17.0 Å². The maximum atomic E-state index is 12.6. The molecule has 5 heteroatoms. The number of carbonyl (C=O) groups is 2. The zero-order valence-electron chi connectivity index (χ0n) is 12.5. The number of nitrogens with two attached hydrogens (primary N) is 1. The van der Waals surface area contributed by atoms with Gasteiger partial charge in [-0.3, -0.25) is 4.79 Å². The first-order valence-corrected chi connectivity index (χ1v) is 7.39. The molecule has 0 saturated heterocycles. The molecule has 114 valence electrons. The van der Waals surface area contributed by atoms with E-state index in [0.29, 0.717) is 18.7 Å². The second kappa shape index (κ2) is 6.26. The number of hydrogen-bond donors (Lipinski definition) is 2. The summed E-state index contributed by atoms with van der Waals surface area (Å²) in [7, 11) is 0. The van der Waals surface area contributed by atoms with Crippen LogP contribution in [-0.4, -0.2) is 29.6 Å². The number of carboxylic acids is 1. The number of fused-ring (bicyclic) bond motifs is 1. The van der Waals surface area contributed by atoms with Crippen LogP contribution in [0.3, 0.4) is 0 Å². The average Bonchev–Trinajstić information content (AvgIpc) is 2.51. The molecule has 21 heavy (non-hydrogen) atoms. The first-order chi connectivity index (χ1) is 9.97. The molecule has 2 rings (SSSR count). The van der Waals surface area contributed by atoms with Crippen LogP contribution in [0.5, 0.6) is 0 Å². The number of carbonyl (C=O) groups excluding carboxylic acids is 1. The van der Waals surface area contributed by atoms with Crippen LogP contribution in [0.1, 0.15) is 42.6 Å². The van der Waals surface area contributed by atoms with Crippen molar-refractivity contribution in [2.75, 3.05) is 11.4 Å². The number of carboxylic acid groups (broad SMARTS) is 1. The molecule has 5 nitrogen and oxygen atoms in total. The fraction of sp³-hybridized carbons (Fsp3) is 0.500. The van der Waals surface area contributed by atoms with Crippen LogP contribution in [0.2, 0.25) is 0 Å². The normalized spacial score (nSPS) is 17.0. The number of aromatic carboxylic acids is 1. The lowest BCUT2D eigenvalue weighted by molar-refractivity contribution is -0.120. The fourth-order valence-corrected chi connectivity index (χ4v) is 2.73. The molecule has 1 heterocycles. The highest BCUT2D eigenvalue weighted by atomic mass is 16.4. The van der Waals surface area contributed by atoms with E-state index in [4.69, 9.17) is 5.73 Å². The van der Waals surface area contributed by atoms with Crippen LogP contribution in [0, 0.1) is 5.92 Å². The second-order valence-electron chi connectivity index (χ2n) is 5.61. The molecule has 0 saturated carbocycles. The van der Waals surface area contributed by atoms with Crippen LogP contribution in [0.25, 0.3) is 0 Å². The fourth-order valence-electron chi connectivity index (χ4n) is 2.73. The van der Waals surface area contributed by atoms with E-state index >= 15 is 0 Å². The molecule has 1 unspecified atom stereocenters. The van der Waals surface area contributed by atoms with Gasteiger partial charge in [0.1, 0.15) is 0 Å². The second-order valence-corrected chi connectivity index (χ2v) is 5.61. The molecule has 0 aliphatic carbocycles. The van der Waals surface area contributed by atoms with Gasteiger partial charge in [0.2, 0.25) is 5.91 Å². The van der Waals surface area contributed by atoms with E-state index in [-0.39, 0.29) is 17.4 Å². The van der Waals surface area contributed by atoms with Gasteiger partial charge in [0.05, 0.1) is 11.6 Å². The molecule has 1 amide bonds. The van der Waals surface area contributed by atoms with Crippen LogP contribution in [-0.2, 0) is 11.2 Å². The zero-order valence-corrected chi connectivity index (χ0v) is 12.5. The van der Waals surface area contributed by atoms with Gasteiger partial charge in [0.15, 0.2) is 0 Å². The monoisotopic (exact) mass is 290 g/mol. The van der Waals surface area contributed by atoms with Gasteiger partial charge >= 0.3 is 5.97 Å². The Morgan fingerprint density at radius 2 is 2.14 bits per heavy atom. The SMILES string of the molecule is CCC(C)[C@H](N)C(=O)N1CCCc2c(C(=O)O)cccc21. The van der Waals surface area contributed by atoms with Crippen molar-refractivity contribution in [3.8, 4) is 0 Å². The molecule has 1 aromatic carbocycles. The summed E-state index contributed by atoms with van der Waals surface area (Å²) in [6.45, 7) is 4.56. The molecule has 2 atom stereocenters. The Labute approximate surface area is 124 Å². The molecule has 1 aliphatic heterocycles. The van der Waals surface area contributed by atoms with Gasteiger partial charge < -0.3 is 15.7 Å². The van der Waals surface area contributed by atoms with Crippen molar-refractivity contribution in [3.05, 3.63) is 29.3 Å². The van der Waals surface area contributed by atoms with Crippen molar-refractivity contribution in [2.24, 2.45) is 11.7 Å². The number of hydrogen-bond acceptors (Lipinski definition) is 3. The Balaban J connectivity index is 2.37. The summed E-state index contributed by atoms with van der Waals surface area (Å²) in [5.74, 6) is -0.967. The lowest BCUT2D eigenvalue weighted by atomic mass is 9.93. The molecule has 1 aliphatic rings. The van der Waals surface area contributed by atoms with Crippen LogP contribution >= 0.6 is 0 Å². The predicted octanol–water partition coefficient (Wildman–Crippen LogP) is 2.04. The van der Waals surface area contributed by atoms with Gasteiger partial charge in [0, 0.05) is 12.2 Å². The summed E-state index contributed by atoms with van der Waals surface area (Å²) in [6.07, 6.45) is 2.28. The summed E-state index contributed by atoms with van der Waals surface area (Å²) in [5, 5.41) is 9.27. The number of anilines is 1. The van der Waals surface area contributed by atoms with Gasteiger partial charge in [-0.15, -0.1) is 0 Å². The highest BCUT2D eigenvalue weighted by Crippen LogP contribution is 2.30. The molecule has 0 aromatic heterocycles. The Morgan fingerprint density at radius 1 is 1.43 bits per heavy atom. The summed E-state index contributed by atoms with van der Waals surface area (Å²) in [5.41, 5.74) is 7.77. The summed E-state index contributed by atoms with van der Waals surface area (Å²) in [4.78, 5) is 25.6. The van der Waals surface area contributed by atoms with Crippen molar-refractivity contribution in [1.82, 2.24) is 0 Å². The highest BCUT2D eigenvalue weighted by molar-refractivity contribution is 6.00. The third-order valence-electron chi connectivity index (χ3n) is 4.29. The van der Waals surface area contributed by atoms with Crippen molar-refractivity contribution < 1.29 is 14.7 Å². The number of amides is 1. The minimum Gasteiger partial charge on any atom is -0.478 e. The minimum absolute atomic E-state index is 0.102. The van der Waals surface area contributed by atoms with Gasteiger partial charge in [0.25, 0.3) is 0 Å². The molecule has 0 fully saturated rings. The maximum Gasteiger partial charge on any atom is 0.336 e. The number of rotatable bonds is 4. The zero-order chi connectivity index (χ0) is 15.6. The average molecular weight is 290 g/mol. The largest absolute Gasteiger partial charge is 0.478 e. The summed E-state index contributed by atoms with van der Waals surface area (Å²) >= 11 is 0. The maximum absolute atomic E-state index is 12.6. The van der Waals surface area contributed by atoms with E-state index in [1.165, 1.54) is 0 Å². The quantitative estimate of drug-likeness (QED) is 0.888. The van der Waals surface area contributed by atoms with Crippen LogP contribution in [0.4, 0.5) is 5.69 Å². The minimum atomic E-state index is -0.952. The molecular formula is C16H22N2O3. The molecule has 0 bridgehead atoms. The topological polar surface area (TPSA) is 83.6 Å². The standard InChI is InChI=1S/C16H22N2O3/c1-3-10(2)14(17)15(19)18-9-5-7-11-12(16(20)21)6-4-8-13(11)18/h4,6,8,10,14H,3,5,7,9,17H2,1-2H3,(H,20,21)/t10?,14-/m0/s1. The Bertz CT molecular complexity index is 556. The molecular weight excluding hydrogens is 268 g/mol. The number of benzene rings is 1. The van der Waals surface area contributed by atoms with Crippen molar-refractivity contribution in [3.63, 3.8) is 0 Å². The highest BCUT2D eigenvalue weighted by Gasteiger charge is 2.30. The Kier molecular flexibility index (Phi) is 4.63. The molecule has 0 radical (unpaired) electrons. The van der Waals surface area contributed by atoms with Crippen molar-refractivity contribution >= 4 is 17.6 Å². The smallest absolute Gasteiger partial charge is 0.336 e. The lowest BCUT2D eigenvalue weighted by Gasteiger charge is -2.33. The first-order valence-electron chi connectivity index (χ1n) is 7.39. The van der Waals surface area contributed by atoms with E-state index in [0.717, 1.165) is 18.4 Å². The van der Waals surface area contributed by atoms with Gasteiger partial charge in [-0.25, -0.2) is 4.79 Å². The van der Waals surface area contributed by atoms with Crippen LogP contribution in [0.15, 0.2) is 18.2 Å². The molecule has 1 aromatic rings. The Hall–Kier alpha value is -1.88. The summed E-state index contributed by atoms with van der Waals surface area (Å²) in [6, 6.07) is 4.53. The Morgan fingerprint density at radius 3 is 2.76 bits per heavy atom. The number of nitrogens with zero attached hydrogens (tertiary/aromatic N) is 1. The van der Waals surface area contributed by atoms with Gasteiger partial charge in [-0.05, 0) is 36.5 Å². The van der Waals surface area contributed by atoms with Crippen molar-refractivity contribution in [2.45, 2.75) is 39.2 Å². The van der Waals surface area contributed by atoms with E-state index in [9.17, 15) is 14.7 Å². The van der Waals surface area contributed by atoms with E-state index in [1.807, 2.05) is 19.9 Å². The predicted molar refractivity (Wildman–Crippen MR) is 81.5 cm³/mol. The van der Waals surface area contributed by atoms with E-state index in [2.05, 4.69) is 0 Å². The van der Waals surface area contributed by atoms with Crippen molar-refractivity contribution in [1.29, 1.82) is 0 Å². The van der Waals surface area contributed by atoms with Crippen LogP contribution < -0.4 is 10.6 Å². The third-order valence-corrected chi connectivity index (χ3v) is 4.29. The first kappa shape index (κ1) is 15.5. The third kappa shape index (κ3) is 2.93. The van der Waals surface area contributed by atoms with Gasteiger partial charge in [-0.1, -0.05) is 26.3 Å². The lowest BCUT2D eigenvalue weighted by Crippen LogP contribution is -2.49. The molecule has 3 N–H and O–H groups in total.